The van der Waals surface area contributed by atoms with Crippen LogP contribution in [0.1, 0.15) is 0 Å². The van der Waals surface area contributed by atoms with E-state index in [-0.39, 0.29) is 0 Å². The van der Waals surface area contributed by atoms with Crippen LogP contribution in [0.5, 0.6) is 0 Å². The van der Waals surface area contributed by atoms with Crippen LogP contribution in [0.3, 0.4) is 0 Å². The van der Waals surface area contributed by atoms with E-state index in [1.807, 2.05) is 0 Å². The summed E-state index contributed by atoms with van der Waals surface area (Å²) in [5.41, 5.74) is 7.69. The van der Waals surface area contributed by atoms with Gasteiger partial charge in [0.25, 0.3) is 0 Å². The van der Waals surface area contributed by atoms with Crippen LogP contribution in [-0.2, 0) is 9.78 Å². The zero-order valence-corrected chi connectivity index (χ0v) is 4.97. The van der Waals surface area contributed by atoms with Crippen molar-refractivity contribution in [1.29, 1.82) is 0 Å². The molecule has 1 heterocycles. The Hall–Kier alpha value is -0.850. The van der Waals surface area contributed by atoms with E-state index in [9.17, 15) is 0 Å². The van der Waals surface area contributed by atoms with Crippen LogP contribution >= 0.6 is 0 Å². The van der Waals surface area contributed by atoms with Gasteiger partial charge < -0.3 is 0 Å². The van der Waals surface area contributed by atoms with Crippen molar-refractivity contribution in [2.75, 3.05) is 13.7 Å². The fraction of sp³-hybridized carbons (Fsp3) is 0.667. The van der Waals surface area contributed by atoms with Gasteiger partial charge in [0.2, 0.25) is 0 Å². The molecule has 0 aliphatic carbocycles. The van der Waals surface area contributed by atoms with Crippen molar-refractivity contribution in [3.8, 4) is 0 Å². The van der Waals surface area contributed by atoms with E-state index in [2.05, 4.69) is 31.4 Å². The molecule has 0 aromatic carbocycles. The lowest BCUT2D eigenvalue weighted by Gasteiger charge is -1.97. The number of amidine groups is 1. The molecule has 0 atom stereocenters. The zero-order chi connectivity index (χ0) is 6.53. The maximum Gasteiger partial charge on any atom is 0.168 e. The Labute approximate surface area is 52.1 Å². The predicted molar refractivity (Wildman–Crippen MR) is 29.8 cm³/mol. The molecule has 0 unspecified atom stereocenters. The maximum absolute atomic E-state index is 4.54. The highest BCUT2D eigenvalue weighted by Gasteiger charge is 2.02. The van der Waals surface area contributed by atoms with Crippen LogP contribution in [0.2, 0.25) is 0 Å². The van der Waals surface area contributed by atoms with Gasteiger partial charge in [-0.1, -0.05) is 0 Å². The summed E-state index contributed by atoms with van der Waals surface area (Å²) in [5.74, 6) is 0.650. The molecule has 0 saturated heterocycles. The van der Waals surface area contributed by atoms with Crippen molar-refractivity contribution in [3.05, 3.63) is 0 Å². The van der Waals surface area contributed by atoms with Crippen molar-refractivity contribution >= 4 is 5.84 Å². The lowest BCUT2D eigenvalue weighted by atomic mass is 10.7. The van der Waals surface area contributed by atoms with E-state index in [4.69, 9.17) is 0 Å². The fourth-order valence-corrected chi connectivity index (χ4v) is 0.407. The van der Waals surface area contributed by atoms with E-state index < -0.39 is 0 Å². The summed E-state index contributed by atoms with van der Waals surface area (Å²) >= 11 is 0. The molecule has 6 nitrogen and oxygen atoms in total. The summed E-state index contributed by atoms with van der Waals surface area (Å²) in [4.78, 5) is 8.87. The maximum atomic E-state index is 4.54. The largest absolute Gasteiger partial charge is 0.287 e. The molecule has 0 bridgehead atoms. The van der Waals surface area contributed by atoms with Gasteiger partial charge in [-0.05, 0) is 0 Å². The monoisotopic (exact) mass is 132 g/mol. The summed E-state index contributed by atoms with van der Waals surface area (Å²) < 4.78 is 0. The van der Waals surface area contributed by atoms with Gasteiger partial charge >= 0.3 is 0 Å². The third kappa shape index (κ3) is 1.84. The Balaban J connectivity index is 2.11. The van der Waals surface area contributed by atoms with Crippen molar-refractivity contribution in [2.24, 2.45) is 5.10 Å². The highest BCUT2D eigenvalue weighted by Crippen LogP contribution is 1.77. The van der Waals surface area contributed by atoms with Gasteiger partial charge in [-0.25, -0.2) is 15.3 Å². The Bertz CT molecular complexity index is 114. The molecule has 0 aromatic heterocycles. The third-order valence-electron chi connectivity index (χ3n) is 0.767. The molecule has 0 fully saturated rings. The minimum absolute atomic E-state index is 0.302. The van der Waals surface area contributed by atoms with Gasteiger partial charge in [0.05, 0.1) is 7.11 Å². The van der Waals surface area contributed by atoms with Crippen molar-refractivity contribution in [3.63, 3.8) is 0 Å². The van der Waals surface area contributed by atoms with Gasteiger partial charge in [0, 0.05) is 0 Å². The average Bonchev–Trinajstić information content (AvgIpc) is 2.34. The second-order valence-electron chi connectivity index (χ2n) is 1.35. The van der Waals surface area contributed by atoms with Gasteiger partial charge in [-0.3, -0.25) is 5.43 Å². The van der Waals surface area contributed by atoms with E-state index in [1.165, 1.54) is 7.11 Å². The predicted octanol–water partition coefficient (Wildman–Crippen LogP) is -1.51. The molecular weight excluding hydrogens is 124 g/mol. The van der Waals surface area contributed by atoms with Gasteiger partial charge in [0.15, 0.2) is 5.84 Å². The number of hydrazone groups is 1. The van der Waals surface area contributed by atoms with E-state index in [0.29, 0.717) is 12.4 Å². The molecule has 0 saturated carbocycles. The second kappa shape index (κ2) is 3.23. The van der Waals surface area contributed by atoms with Crippen molar-refractivity contribution in [1.82, 2.24) is 16.5 Å². The molecule has 0 amide bonds. The Morgan fingerprint density at radius 2 is 2.56 bits per heavy atom. The minimum atomic E-state index is 0.302. The molecule has 0 aromatic rings. The standard InChI is InChI=1S/C3H8N4O2/c1-8-9-2-3-4-6-7-5-3/h6-7H,2H2,1H3,(H,4,5). The normalized spacial score (nSPS) is 16.3. The van der Waals surface area contributed by atoms with E-state index in [1.54, 1.807) is 0 Å². The molecule has 1 rings (SSSR count). The Morgan fingerprint density at radius 3 is 3.11 bits per heavy atom. The molecule has 6 heteroatoms. The highest BCUT2D eigenvalue weighted by atomic mass is 17.2. The van der Waals surface area contributed by atoms with E-state index in [0.717, 1.165) is 0 Å². The number of hydrogen-bond donors (Lipinski definition) is 3. The lowest BCUT2D eigenvalue weighted by Crippen LogP contribution is -2.36. The summed E-state index contributed by atoms with van der Waals surface area (Å²) in [7, 11) is 1.44. The van der Waals surface area contributed by atoms with Gasteiger partial charge in [0.1, 0.15) is 6.61 Å². The molecule has 0 spiro atoms. The molecule has 0 radical (unpaired) electrons. The Kier molecular flexibility index (Phi) is 2.25. The average molecular weight is 132 g/mol. The number of nitrogens with one attached hydrogen (secondary N) is 3. The summed E-state index contributed by atoms with van der Waals surface area (Å²) in [5, 5.41) is 3.71. The SMILES string of the molecule is COOCC1=NNNN1. The molecular formula is C3H8N4O2. The first kappa shape index (κ1) is 6.27. The van der Waals surface area contributed by atoms with Crippen LogP contribution in [0, 0.1) is 0 Å². The first-order valence-corrected chi connectivity index (χ1v) is 2.41. The molecule has 9 heavy (non-hydrogen) atoms. The third-order valence-corrected chi connectivity index (χ3v) is 0.767. The topological polar surface area (TPSA) is 66.9 Å². The van der Waals surface area contributed by atoms with Crippen LogP contribution in [0.4, 0.5) is 0 Å². The minimum Gasteiger partial charge on any atom is -0.287 e. The highest BCUT2D eigenvalue weighted by molar-refractivity contribution is 5.83. The lowest BCUT2D eigenvalue weighted by molar-refractivity contribution is -0.259. The van der Waals surface area contributed by atoms with Crippen molar-refractivity contribution in [2.45, 2.75) is 0 Å². The second-order valence-corrected chi connectivity index (χ2v) is 1.35. The van der Waals surface area contributed by atoms with Crippen molar-refractivity contribution < 1.29 is 9.78 Å². The summed E-state index contributed by atoms with van der Waals surface area (Å²) in [6, 6.07) is 0. The first-order valence-electron chi connectivity index (χ1n) is 2.41. The quantitative estimate of drug-likeness (QED) is 0.322. The smallest absolute Gasteiger partial charge is 0.168 e. The first-order chi connectivity index (χ1) is 4.43. The summed E-state index contributed by atoms with van der Waals surface area (Å²) in [6.45, 7) is 0.302. The van der Waals surface area contributed by atoms with E-state index >= 15 is 0 Å². The number of nitrogens with zero attached hydrogens (tertiary/aromatic N) is 1. The molecule has 1 aliphatic heterocycles. The number of hydrazine groups is 2. The number of hydrogen-bond acceptors (Lipinski definition) is 6. The van der Waals surface area contributed by atoms with Crippen LogP contribution < -0.4 is 16.5 Å². The van der Waals surface area contributed by atoms with Crippen LogP contribution in [0.25, 0.3) is 0 Å². The van der Waals surface area contributed by atoms with Crippen LogP contribution in [0.15, 0.2) is 5.10 Å². The van der Waals surface area contributed by atoms with Crippen LogP contribution in [-0.4, -0.2) is 19.6 Å². The van der Waals surface area contributed by atoms with Gasteiger partial charge in [-0.15, -0.1) is 10.6 Å². The molecule has 52 valence electrons. The number of rotatable bonds is 3. The fourth-order valence-electron chi connectivity index (χ4n) is 0.407. The molecule has 3 N–H and O–H groups in total. The Morgan fingerprint density at radius 1 is 1.67 bits per heavy atom. The summed E-state index contributed by atoms with van der Waals surface area (Å²) in [6.07, 6.45) is 0. The zero-order valence-electron chi connectivity index (χ0n) is 4.97. The molecule has 1 aliphatic rings. The van der Waals surface area contributed by atoms with Gasteiger partial charge in [-0.2, -0.15) is 0 Å².